The van der Waals surface area contributed by atoms with Gasteiger partial charge in [-0.05, 0) is 0 Å². The lowest BCUT2D eigenvalue weighted by Gasteiger charge is -2.51. The Hall–Kier alpha value is -1.19. The third-order valence-corrected chi connectivity index (χ3v) is 5.04. The number of carboxylic acids is 1. The molecule has 0 bridgehead atoms. The molecular weight excluding hydrogens is 478 g/mol. The summed E-state index contributed by atoms with van der Waals surface area (Å²) in [6.45, 7) is 0.570. The molecule has 192 valence electrons. The first-order valence-corrected chi connectivity index (χ1v) is 10.1. The van der Waals surface area contributed by atoms with Gasteiger partial charge in [-0.15, -0.1) is 4.33 Å². The van der Waals surface area contributed by atoms with Crippen molar-refractivity contribution in [2.45, 2.75) is 68.3 Å². The lowest BCUT2D eigenvalue weighted by molar-refractivity contribution is -0.511. The summed E-state index contributed by atoms with van der Waals surface area (Å²) < 4.78 is 40.3. The second-order valence-electron chi connectivity index (χ2n) is 6.98. The maximum Gasteiger partial charge on any atom is 0.217 e. The lowest BCUT2D eigenvalue weighted by atomic mass is 9.95. The number of carbonyl (C=O) groups is 2. The molecule has 2 fully saturated rings. The molecule has 0 aliphatic carbocycles. The predicted molar refractivity (Wildman–Crippen MR) is 94.9 cm³/mol. The number of methoxy groups -OCH3 is 2. The van der Waals surface area contributed by atoms with E-state index in [1.54, 1.807) is 0 Å². The summed E-state index contributed by atoms with van der Waals surface area (Å²) in [5.41, 5.74) is 0. The van der Waals surface area contributed by atoms with Crippen molar-refractivity contribution in [2.24, 2.45) is 0 Å². The number of rotatable bonds is 11. The molecule has 2 heterocycles. The molecule has 3 N–H and O–H groups in total. The molecule has 0 aromatic carbocycles. The van der Waals surface area contributed by atoms with Gasteiger partial charge in [0.1, 0.15) is 37.1 Å². The zero-order chi connectivity index (χ0) is 24.7. The van der Waals surface area contributed by atoms with Crippen LogP contribution in [0.2, 0.25) is 0 Å². The van der Waals surface area contributed by atoms with E-state index in [9.17, 15) is 34.6 Å². The monoisotopic (exact) mass is 502 g/mol. The molecule has 0 saturated carbocycles. The largest absolute Gasteiger partial charge is 0.848 e. The highest BCUT2D eigenvalue weighted by molar-refractivity contribution is 7.88. The molecule has 2 rings (SSSR count). The summed E-state index contributed by atoms with van der Waals surface area (Å²) in [6, 6.07) is -1.25. The van der Waals surface area contributed by atoms with Crippen LogP contribution in [0.25, 0.3) is 0 Å². The Kier molecular flexibility index (Phi) is 11.1. The summed E-state index contributed by atoms with van der Waals surface area (Å²) in [5.74, 6) is -2.36. The van der Waals surface area contributed by atoms with Crippen LogP contribution in [0.5, 0.6) is 0 Å². The van der Waals surface area contributed by atoms with E-state index >= 15 is 0 Å². The highest BCUT2D eigenvalue weighted by Gasteiger charge is 2.50. The summed E-state index contributed by atoms with van der Waals surface area (Å²) in [5, 5.41) is 51.6. The Balaban J connectivity index is 2.26. The summed E-state index contributed by atoms with van der Waals surface area (Å²) in [7, 11) is 2.29. The molecule has 0 aromatic rings. The number of hydrogen-bond acceptors (Lipinski definition) is 16. The molecule has 16 nitrogen and oxygen atoms in total. The minimum Gasteiger partial charge on any atom is -0.848 e. The van der Waals surface area contributed by atoms with Gasteiger partial charge in [-0.2, -0.15) is 0 Å². The molecule has 2 aliphatic heterocycles. The van der Waals surface area contributed by atoms with Crippen LogP contribution in [0.1, 0.15) is 6.92 Å². The second kappa shape index (κ2) is 13.0. The van der Waals surface area contributed by atoms with Crippen LogP contribution >= 0.6 is 12.3 Å². The number of aliphatic hydroxyl groups excluding tert-OH is 2. The predicted octanol–water partition coefficient (Wildman–Crippen LogP) is -5.15. The van der Waals surface area contributed by atoms with E-state index in [0.29, 0.717) is 0 Å². The first-order chi connectivity index (χ1) is 15.7. The van der Waals surface area contributed by atoms with E-state index < -0.39 is 92.2 Å². The summed E-state index contributed by atoms with van der Waals surface area (Å²) >= 11 is -0.414. The molecular formula is C16H24NO15S-3. The third-order valence-electron chi connectivity index (χ3n) is 4.92. The maximum absolute atomic E-state index is 13.1. The smallest absolute Gasteiger partial charge is 0.217 e. The van der Waals surface area contributed by atoms with Crippen molar-refractivity contribution in [1.82, 2.24) is 5.32 Å². The average molecular weight is 502 g/mol. The molecule has 2 saturated heterocycles. The molecule has 1 amide bonds. The highest BCUT2D eigenvalue weighted by Crippen LogP contribution is 2.29. The number of hydrogen-bond donors (Lipinski definition) is 3. The van der Waals surface area contributed by atoms with Crippen molar-refractivity contribution < 1.29 is 72.5 Å². The Morgan fingerprint density at radius 2 is 1.79 bits per heavy atom. The fourth-order valence-corrected chi connectivity index (χ4v) is 3.53. The molecule has 4 unspecified atom stereocenters. The van der Waals surface area contributed by atoms with Crippen LogP contribution in [-0.4, -0.2) is 109 Å². The number of ether oxygens (including phenoxy) is 5. The van der Waals surface area contributed by atoms with Gasteiger partial charge < -0.3 is 58.8 Å². The number of carboxylic acid groups (broad SMARTS) is 1. The van der Waals surface area contributed by atoms with Gasteiger partial charge in [-0.25, -0.2) is 4.89 Å². The van der Waals surface area contributed by atoms with Gasteiger partial charge in [0.15, 0.2) is 12.6 Å². The standard InChI is InChI=1S/C16H26NO15S/c1-5(18)17-7-11(8(19)6(28-15(7)26-3)4-27-31-32-33-24)29-16-10(21)9(20)12(25-2)13(30-16)14(22)23/h6-13,15-16,20-21,24H,4H2,1-3H3,(H,17,18)(H,22,23)/q-1/p-2/t6?,7?,8-,9+,10?,11+,12-,13?,15+,16+/m0/s1. The van der Waals surface area contributed by atoms with Gasteiger partial charge in [-0.1, -0.05) is 23.5 Å². The fraction of sp³-hybridized carbons (Fsp3) is 0.875. The van der Waals surface area contributed by atoms with Crippen LogP contribution in [0, 0.1) is 0 Å². The Bertz CT molecular complexity index is 643. The zero-order valence-electron chi connectivity index (χ0n) is 17.6. The average Bonchev–Trinajstić information content (AvgIpc) is 2.77. The quantitative estimate of drug-likeness (QED) is 0.104. The molecule has 2 aliphatic rings. The van der Waals surface area contributed by atoms with E-state index in [4.69, 9.17) is 23.7 Å². The topological polar surface area (TPSA) is 230 Å². The molecule has 17 heteroatoms. The molecule has 10 atom stereocenters. The van der Waals surface area contributed by atoms with Gasteiger partial charge >= 0.3 is 0 Å². The number of aliphatic carboxylic acids is 1. The van der Waals surface area contributed by atoms with Crippen LogP contribution in [0.4, 0.5) is 0 Å². The number of nitrogens with one attached hydrogen (secondary N) is 1. The van der Waals surface area contributed by atoms with Gasteiger partial charge in [0, 0.05) is 21.1 Å². The van der Waals surface area contributed by atoms with E-state index in [-0.39, 0.29) is 0 Å². The number of carbonyl (C=O) groups excluding carboxylic acids is 2. The van der Waals surface area contributed by atoms with Crippen LogP contribution in [0.15, 0.2) is 0 Å². The number of amides is 1. The Labute approximate surface area is 191 Å². The van der Waals surface area contributed by atoms with Gasteiger partial charge in [0.05, 0.1) is 18.2 Å². The van der Waals surface area contributed by atoms with E-state index in [1.165, 1.54) is 7.11 Å². The second-order valence-corrected chi connectivity index (χ2v) is 7.26. The minimum atomic E-state index is -1.87. The lowest BCUT2D eigenvalue weighted by Crippen LogP contribution is -2.71. The van der Waals surface area contributed by atoms with Crippen molar-refractivity contribution in [2.75, 3.05) is 20.8 Å². The van der Waals surface area contributed by atoms with E-state index in [1.807, 2.05) is 0 Å². The van der Waals surface area contributed by atoms with Crippen molar-refractivity contribution in [3.8, 4) is 0 Å². The van der Waals surface area contributed by atoms with Gasteiger partial charge in [-0.3, -0.25) is 4.79 Å². The first kappa shape index (κ1) is 28.1. The molecule has 0 aromatic heterocycles. The van der Waals surface area contributed by atoms with Crippen molar-refractivity contribution in [3.05, 3.63) is 0 Å². The SMILES string of the molecule is CO[C@@H]1OC(COOOS[O-])[C@H]([O-])[C@H](O[C@@H]2OC(C(=O)[O-])[C@@H](OC)[C@H](O)C2O)C1NC(C)=O. The van der Waals surface area contributed by atoms with Gasteiger partial charge in [0.25, 0.3) is 0 Å². The summed E-state index contributed by atoms with van der Waals surface area (Å²) in [6.07, 6.45) is -14.9. The first-order valence-electron chi connectivity index (χ1n) is 9.42. The van der Waals surface area contributed by atoms with Crippen molar-refractivity contribution in [1.29, 1.82) is 0 Å². The van der Waals surface area contributed by atoms with Crippen LogP contribution in [-0.2, 0) is 47.5 Å². The van der Waals surface area contributed by atoms with E-state index in [0.717, 1.165) is 14.0 Å². The third kappa shape index (κ3) is 6.92. The Morgan fingerprint density at radius 3 is 2.33 bits per heavy atom. The highest BCUT2D eigenvalue weighted by atomic mass is 32.2. The van der Waals surface area contributed by atoms with Crippen molar-refractivity contribution >= 4 is 24.2 Å². The van der Waals surface area contributed by atoms with E-state index in [2.05, 4.69) is 19.6 Å². The molecule has 33 heavy (non-hydrogen) atoms. The van der Waals surface area contributed by atoms with Crippen molar-refractivity contribution in [3.63, 3.8) is 0 Å². The van der Waals surface area contributed by atoms with Crippen LogP contribution in [0.3, 0.4) is 0 Å². The minimum absolute atomic E-state index is 0.414. The maximum atomic E-state index is 13.1. The van der Waals surface area contributed by atoms with Gasteiger partial charge in [0.2, 0.25) is 5.91 Å². The molecule has 0 spiro atoms. The normalized spacial score (nSPS) is 39.2. The summed E-state index contributed by atoms with van der Waals surface area (Å²) in [4.78, 5) is 27.7. The zero-order valence-corrected chi connectivity index (χ0v) is 18.4. The number of aliphatic hydroxyl groups is 2. The fourth-order valence-electron chi connectivity index (χ4n) is 3.47. The molecule has 0 radical (unpaired) electrons. The Morgan fingerprint density at radius 1 is 1.09 bits per heavy atom. The van der Waals surface area contributed by atoms with Crippen LogP contribution < -0.4 is 15.5 Å².